The van der Waals surface area contributed by atoms with Crippen molar-refractivity contribution in [3.8, 4) is 0 Å². The predicted molar refractivity (Wildman–Crippen MR) is 141 cm³/mol. The van der Waals surface area contributed by atoms with Gasteiger partial charge >= 0.3 is 5.97 Å². The number of rotatable bonds is 8. The van der Waals surface area contributed by atoms with Crippen molar-refractivity contribution in [2.24, 2.45) is 11.8 Å². The Morgan fingerprint density at radius 3 is 2.58 bits per heavy atom. The summed E-state index contributed by atoms with van der Waals surface area (Å²) in [5.41, 5.74) is -1.50. The number of carbonyl (C=O) groups excluding carboxylic acids is 3. The molecular formula is C30H38N2O6. The number of hydrogen-bond acceptors (Lipinski definition) is 6. The van der Waals surface area contributed by atoms with E-state index in [0.29, 0.717) is 25.9 Å². The van der Waals surface area contributed by atoms with Crippen LogP contribution < -0.4 is 0 Å². The molecule has 1 aromatic carbocycles. The number of aliphatic hydroxyl groups is 1. The summed E-state index contributed by atoms with van der Waals surface area (Å²) < 4.78 is 12.3. The van der Waals surface area contributed by atoms with Gasteiger partial charge < -0.3 is 24.4 Å². The third kappa shape index (κ3) is 4.37. The zero-order chi connectivity index (χ0) is 26.9. The average molecular weight is 523 g/mol. The molecule has 5 rings (SSSR count). The van der Waals surface area contributed by atoms with Gasteiger partial charge in [-0.05, 0) is 31.7 Å². The highest BCUT2D eigenvalue weighted by molar-refractivity contribution is 5.99. The zero-order valence-corrected chi connectivity index (χ0v) is 22.3. The summed E-state index contributed by atoms with van der Waals surface area (Å²) in [4.78, 5) is 45.4. The molecule has 0 aliphatic carbocycles. The second-order valence-corrected chi connectivity index (χ2v) is 11.0. The number of fused-ring (bicyclic) bond motifs is 2. The van der Waals surface area contributed by atoms with E-state index in [-0.39, 0.29) is 25.0 Å². The molecule has 4 heterocycles. The van der Waals surface area contributed by atoms with Crippen molar-refractivity contribution < 1.29 is 29.0 Å². The summed E-state index contributed by atoms with van der Waals surface area (Å²) in [6, 6.07) is 7.96. The Bertz CT molecular complexity index is 1120. The Morgan fingerprint density at radius 2 is 1.84 bits per heavy atom. The predicted octanol–water partition coefficient (Wildman–Crippen LogP) is 2.65. The zero-order valence-electron chi connectivity index (χ0n) is 22.3. The molecule has 2 saturated heterocycles. The van der Waals surface area contributed by atoms with Crippen LogP contribution in [-0.4, -0.2) is 82.3 Å². The van der Waals surface area contributed by atoms with Gasteiger partial charge in [0.25, 0.3) is 0 Å². The van der Waals surface area contributed by atoms with Crippen molar-refractivity contribution in [3.63, 3.8) is 0 Å². The summed E-state index contributed by atoms with van der Waals surface area (Å²) in [5.74, 6) is -2.88. The average Bonchev–Trinajstić information content (AvgIpc) is 3.23. The lowest BCUT2D eigenvalue weighted by atomic mass is 9.74. The first-order chi connectivity index (χ1) is 18.4. The van der Waals surface area contributed by atoms with Crippen molar-refractivity contribution in [2.45, 2.75) is 69.2 Å². The fraction of sp³-hybridized carbons (Fsp3) is 0.567. The van der Waals surface area contributed by atoms with Gasteiger partial charge in [-0.2, -0.15) is 0 Å². The minimum Gasteiger partial charge on any atom is -0.465 e. The Balaban J connectivity index is 1.61. The second kappa shape index (κ2) is 10.7. The summed E-state index contributed by atoms with van der Waals surface area (Å²) in [6.45, 7) is 4.81. The van der Waals surface area contributed by atoms with Gasteiger partial charge in [0, 0.05) is 13.1 Å². The van der Waals surface area contributed by atoms with Crippen LogP contribution in [0.5, 0.6) is 0 Å². The molecule has 2 amide bonds. The van der Waals surface area contributed by atoms with E-state index in [0.717, 1.165) is 24.8 Å². The topological polar surface area (TPSA) is 96.4 Å². The Labute approximate surface area is 224 Å². The maximum Gasteiger partial charge on any atom is 0.313 e. The minimum atomic E-state index is -1.34. The number of unbranched alkanes of at least 4 members (excludes halogenated alkanes) is 2. The number of likely N-dealkylation sites (tertiary alicyclic amines) is 1. The van der Waals surface area contributed by atoms with Gasteiger partial charge in [-0.15, -0.1) is 0 Å². The highest BCUT2D eigenvalue weighted by Gasteiger charge is 2.75. The van der Waals surface area contributed by atoms with Crippen LogP contribution in [0, 0.1) is 11.8 Å². The third-order valence-corrected chi connectivity index (χ3v) is 8.49. The summed E-state index contributed by atoms with van der Waals surface area (Å²) in [6.07, 6.45) is 11.3. The van der Waals surface area contributed by atoms with Crippen molar-refractivity contribution in [3.05, 3.63) is 60.2 Å². The smallest absolute Gasteiger partial charge is 0.313 e. The van der Waals surface area contributed by atoms with Crippen LogP contribution in [0.25, 0.3) is 0 Å². The largest absolute Gasteiger partial charge is 0.465 e. The van der Waals surface area contributed by atoms with E-state index in [1.165, 1.54) is 4.90 Å². The number of amides is 2. The molecule has 4 aliphatic rings. The molecule has 4 aliphatic heterocycles. The number of nitrogens with zero attached hydrogens (tertiary/aromatic N) is 2. The quantitative estimate of drug-likeness (QED) is 0.320. The van der Waals surface area contributed by atoms with E-state index in [4.69, 9.17) is 9.47 Å². The minimum absolute atomic E-state index is 0.205. The molecule has 0 radical (unpaired) electrons. The number of aliphatic hydroxyl groups excluding tert-OH is 1. The Kier molecular flexibility index (Phi) is 7.47. The number of cyclic esters (lactones) is 1. The van der Waals surface area contributed by atoms with Gasteiger partial charge in [0.2, 0.25) is 11.8 Å². The monoisotopic (exact) mass is 522 g/mol. The molecule has 204 valence electrons. The van der Waals surface area contributed by atoms with Crippen molar-refractivity contribution >= 4 is 17.8 Å². The lowest BCUT2D eigenvalue weighted by molar-refractivity contribution is -0.162. The van der Waals surface area contributed by atoms with Gasteiger partial charge in [-0.25, -0.2) is 0 Å². The lowest BCUT2D eigenvalue weighted by Crippen LogP contribution is -2.59. The first-order valence-corrected chi connectivity index (χ1v) is 13.8. The van der Waals surface area contributed by atoms with Crippen LogP contribution in [0.15, 0.2) is 54.6 Å². The standard InChI is InChI=1S/C30H38N2O6/c1-3-4-9-16-31-17-11-15-30-23(24-28(36)37-18-10-8-14-29(24,2)38-30)26(34)32(25(30)27(31)35)22(20-33)19-21-12-6-5-7-13-21/h5-8,11-15,22-25,33H,3-4,9-10,16-20H2,1-2H3/t22-,23+,24+,25?,29-,30+/m1/s1. The number of benzene rings is 1. The van der Waals surface area contributed by atoms with Crippen molar-refractivity contribution in [1.29, 1.82) is 0 Å². The normalized spacial score (nSPS) is 33.2. The molecule has 0 bridgehead atoms. The fourth-order valence-corrected chi connectivity index (χ4v) is 6.76. The summed E-state index contributed by atoms with van der Waals surface area (Å²) in [7, 11) is 0. The number of hydrogen-bond donors (Lipinski definition) is 1. The van der Waals surface area contributed by atoms with Gasteiger partial charge in [0.05, 0.1) is 30.8 Å². The fourth-order valence-electron chi connectivity index (χ4n) is 6.76. The highest BCUT2D eigenvalue weighted by atomic mass is 16.6. The number of esters is 1. The molecule has 1 spiro atoms. The van der Waals surface area contributed by atoms with E-state index in [9.17, 15) is 19.5 Å². The van der Waals surface area contributed by atoms with Gasteiger partial charge in [-0.3, -0.25) is 14.4 Å². The van der Waals surface area contributed by atoms with Crippen LogP contribution >= 0.6 is 0 Å². The summed E-state index contributed by atoms with van der Waals surface area (Å²) >= 11 is 0. The van der Waals surface area contributed by atoms with Crippen LogP contribution in [0.2, 0.25) is 0 Å². The molecular weight excluding hydrogens is 484 g/mol. The first kappa shape index (κ1) is 26.6. The van der Waals surface area contributed by atoms with Gasteiger partial charge in [0.15, 0.2) is 0 Å². The molecule has 38 heavy (non-hydrogen) atoms. The molecule has 8 heteroatoms. The maximum atomic E-state index is 14.4. The maximum absolute atomic E-state index is 14.4. The second-order valence-electron chi connectivity index (χ2n) is 11.0. The molecule has 2 fully saturated rings. The van der Waals surface area contributed by atoms with Crippen molar-refractivity contribution in [2.75, 3.05) is 26.3 Å². The number of carbonyl (C=O) groups is 3. The Morgan fingerprint density at radius 1 is 1.05 bits per heavy atom. The van der Waals surface area contributed by atoms with Crippen LogP contribution in [0.1, 0.15) is 45.1 Å². The number of ether oxygens (including phenoxy) is 2. The first-order valence-electron chi connectivity index (χ1n) is 13.8. The van der Waals surface area contributed by atoms with Gasteiger partial charge in [0.1, 0.15) is 17.6 Å². The molecule has 1 N–H and O–H groups in total. The molecule has 1 unspecified atom stereocenters. The van der Waals surface area contributed by atoms with Crippen LogP contribution in [0.4, 0.5) is 0 Å². The highest BCUT2D eigenvalue weighted by Crippen LogP contribution is 2.57. The molecule has 6 atom stereocenters. The third-order valence-electron chi connectivity index (χ3n) is 8.49. The molecule has 8 nitrogen and oxygen atoms in total. The Hall–Kier alpha value is -2.97. The van der Waals surface area contributed by atoms with E-state index < -0.39 is 41.1 Å². The van der Waals surface area contributed by atoms with E-state index in [2.05, 4.69) is 6.92 Å². The molecule has 0 saturated carbocycles. The van der Waals surface area contributed by atoms with Gasteiger partial charge in [-0.1, -0.05) is 74.4 Å². The van der Waals surface area contributed by atoms with Crippen molar-refractivity contribution in [1.82, 2.24) is 9.80 Å². The van der Waals surface area contributed by atoms with Crippen LogP contribution in [0.3, 0.4) is 0 Å². The van der Waals surface area contributed by atoms with E-state index in [1.807, 2.05) is 54.6 Å². The molecule has 1 aromatic rings. The lowest BCUT2D eigenvalue weighted by Gasteiger charge is -2.40. The van der Waals surface area contributed by atoms with E-state index in [1.54, 1.807) is 11.8 Å². The van der Waals surface area contributed by atoms with Crippen LogP contribution in [-0.2, 0) is 30.3 Å². The van der Waals surface area contributed by atoms with E-state index >= 15 is 0 Å². The molecule has 0 aromatic heterocycles. The summed E-state index contributed by atoms with van der Waals surface area (Å²) in [5, 5.41) is 10.5. The SMILES string of the molecule is CCCCCN1CC=C[C@]23O[C@]4(C)C=CCCOC(=O)[C@@H]4[C@H]2C(=O)N([C@@H](CO)Cc2ccccc2)C3C1=O.